The van der Waals surface area contributed by atoms with Crippen molar-refractivity contribution in [1.29, 1.82) is 0 Å². The first kappa shape index (κ1) is 10.4. The zero-order chi connectivity index (χ0) is 10.2. The van der Waals surface area contributed by atoms with Crippen LogP contribution in [0.4, 0.5) is 0 Å². The normalized spacial score (nSPS) is 37.1. The van der Waals surface area contributed by atoms with E-state index < -0.39 is 0 Å². The lowest BCUT2D eigenvalue weighted by molar-refractivity contribution is 0.0363. The minimum absolute atomic E-state index is 0.395. The molecule has 0 aromatic rings. The average Bonchev–Trinajstić information content (AvgIpc) is 2.65. The van der Waals surface area contributed by atoms with Crippen LogP contribution in [-0.4, -0.2) is 43.8 Å². The molecule has 0 radical (unpaired) electrons. The van der Waals surface area contributed by atoms with Crippen LogP contribution in [0.2, 0.25) is 0 Å². The maximum absolute atomic E-state index is 6.02. The Bertz CT molecular complexity index is 199. The van der Waals surface area contributed by atoms with Gasteiger partial charge in [0.05, 0.1) is 13.2 Å². The van der Waals surface area contributed by atoms with Crippen molar-refractivity contribution < 1.29 is 4.74 Å². The summed E-state index contributed by atoms with van der Waals surface area (Å²) < 4.78 is 5.32. The highest BCUT2D eigenvalue weighted by Gasteiger charge is 2.54. The zero-order valence-electron chi connectivity index (χ0n) is 9.33. The molecule has 2 N–H and O–H groups in total. The molecule has 3 nitrogen and oxygen atoms in total. The van der Waals surface area contributed by atoms with E-state index in [1.165, 1.54) is 13.0 Å². The van der Waals surface area contributed by atoms with Gasteiger partial charge < -0.3 is 10.5 Å². The van der Waals surface area contributed by atoms with E-state index in [9.17, 15) is 0 Å². The highest BCUT2D eigenvalue weighted by Crippen LogP contribution is 2.52. The molecule has 2 aliphatic rings. The van der Waals surface area contributed by atoms with Gasteiger partial charge in [0.25, 0.3) is 0 Å². The Morgan fingerprint density at radius 3 is 2.43 bits per heavy atom. The Balaban J connectivity index is 1.68. The lowest BCUT2D eigenvalue weighted by atomic mass is 10.1. The second kappa shape index (κ2) is 3.80. The Morgan fingerprint density at radius 2 is 1.93 bits per heavy atom. The number of rotatable bonds is 3. The van der Waals surface area contributed by atoms with E-state index in [2.05, 4.69) is 18.7 Å². The first-order valence-corrected chi connectivity index (χ1v) is 5.68. The smallest absolute Gasteiger partial charge is 0.0594 e. The lowest BCUT2D eigenvalue weighted by Gasteiger charge is -2.26. The van der Waals surface area contributed by atoms with Crippen LogP contribution in [0.5, 0.6) is 0 Å². The van der Waals surface area contributed by atoms with Crippen LogP contribution in [0.3, 0.4) is 0 Å². The highest BCUT2D eigenvalue weighted by molar-refractivity contribution is 5.08. The molecular formula is C11H22N2O. The van der Waals surface area contributed by atoms with E-state index in [1.54, 1.807) is 0 Å². The monoisotopic (exact) mass is 198 g/mol. The van der Waals surface area contributed by atoms with Crippen molar-refractivity contribution in [2.24, 2.45) is 17.1 Å². The Labute approximate surface area is 86.6 Å². The van der Waals surface area contributed by atoms with Gasteiger partial charge in [0.1, 0.15) is 0 Å². The van der Waals surface area contributed by atoms with Crippen molar-refractivity contribution in [3.8, 4) is 0 Å². The van der Waals surface area contributed by atoms with Gasteiger partial charge in [-0.1, -0.05) is 13.8 Å². The Kier molecular flexibility index (Phi) is 2.82. The van der Waals surface area contributed by atoms with Crippen LogP contribution in [0.1, 0.15) is 20.3 Å². The maximum atomic E-state index is 6.02. The molecule has 2 fully saturated rings. The topological polar surface area (TPSA) is 38.5 Å². The first-order valence-electron chi connectivity index (χ1n) is 5.68. The number of hydrogen-bond donors (Lipinski definition) is 1. The van der Waals surface area contributed by atoms with Crippen molar-refractivity contribution >= 4 is 0 Å². The molecule has 2 rings (SSSR count). The molecule has 2 atom stereocenters. The number of hydrogen-bond acceptors (Lipinski definition) is 3. The fourth-order valence-corrected chi connectivity index (χ4v) is 2.48. The minimum atomic E-state index is 0.395. The van der Waals surface area contributed by atoms with Gasteiger partial charge in [-0.15, -0.1) is 0 Å². The summed E-state index contributed by atoms with van der Waals surface area (Å²) in [5.74, 6) is 0.741. The van der Waals surface area contributed by atoms with Crippen LogP contribution in [0, 0.1) is 11.3 Å². The number of nitrogens with two attached hydrogens (primary N) is 1. The molecule has 1 saturated carbocycles. The van der Waals surface area contributed by atoms with Crippen LogP contribution in [0.15, 0.2) is 0 Å². The van der Waals surface area contributed by atoms with Crippen LogP contribution >= 0.6 is 0 Å². The van der Waals surface area contributed by atoms with Crippen molar-refractivity contribution in [2.45, 2.75) is 26.3 Å². The Morgan fingerprint density at radius 1 is 1.36 bits per heavy atom. The standard InChI is InChI=1S/C11H22N2O/c1-11(2)9(10(11)12)3-4-13-5-7-14-8-6-13/h9-10H,3-8,12H2,1-2H3. The van der Waals surface area contributed by atoms with Gasteiger partial charge in [-0.05, 0) is 24.3 Å². The third-order valence-electron chi connectivity index (χ3n) is 4.00. The van der Waals surface area contributed by atoms with E-state index in [0.29, 0.717) is 11.5 Å². The predicted molar refractivity (Wildman–Crippen MR) is 57.1 cm³/mol. The van der Waals surface area contributed by atoms with Gasteiger partial charge in [-0.25, -0.2) is 0 Å². The number of ether oxygens (including phenoxy) is 1. The number of morpholine rings is 1. The predicted octanol–water partition coefficient (Wildman–Crippen LogP) is 0.692. The first-order chi connectivity index (χ1) is 6.62. The summed E-state index contributed by atoms with van der Waals surface area (Å²) >= 11 is 0. The second-order valence-electron chi connectivity index (χ2n) is 5.20. The summed E-state index contributed by atoms with van der Waals surface area (Å²) in [5, 5.41) is 0. The van der Waals surface area contributed by atoms with Crippen molar-refractivity contribution in [1.82, 2.24) is 4.90 Å². The minimum Gasteiger partial charge on any atom is -0.379 e. The fraction of sp³-hybridized carbons (Fsp3) is 1.00. The van der Waals surface area contributed by atoms with Crippen LogP contribution in [-0.2, 0) is 4.74 Å². The fourth-order valence-electron chi connectivity index (χ4n) is 2.48. The van der Waals surface area contributed by atoms with Gasteiger partial charge in [0.15, 0.2) is 0 Å². The lowest BCUT2D eigenvalue weighted by Crippen LogP contribution is -2.37. The average molecular weight is 198 g/mol. The third kappa shape index (κ3) is 1.95. The summed E-state index contributed by atoms with van der Waals surface area (Å²) in [6.07, 6.45) is 1.26. The maximum Gasteiger partial charge on any atom is 0.0594 e. The van der Waals surface area contributed by atoms with Gasteiger partial charge >= 0.3 is 0 Å². The Hall–Kier alpha value is -0.120. The molecule has 82 valence electrons. The summed E-state index contributed by atoms with van der Waals surface area (Å²) in [7, 11) is 0. The van der Waals surface area contributed by atoms with E-state index in [4.69, 9.17) is 10.5 Å². The molecule has 14 heavy (non-hydrogen) atoms. The number of nitrogens with zero attached hydrogens (tertiary/aromatic N) is 1. The summed E-state index contributed by atoms with van der Waals surface area (Å²) in [6.45, 7) is 9.76. The molecule has 0 aromatic carbocycles. The summed E-state index contributed by atoms with van der Waals surface area (Å²) in [6, 6.07) is 0.434. The van der Waals surface area contributed by atoms with Gasteiger partial charge in [0, 0.05) is 19.1 Å². The van der Waals surface area contributed by atoms with Gasteiger partial charge in [-0.2, -0.15) is 0 Å². The molecule has 1 aliphatic heterocycles. The van der Waals surface area contributed by atoms with Gasteiger partial charge in [0.2, 0.25) is 0 Å². The molecule has 0 amide bonds. The molecule has 3 heteroatoms. The SMILES string of the molecule is CC1(C)C(N)C1CCN1CCOCC1. The highest BCUT2D eigenvalue weighted by atomic mass is 16.5. The molecule has 1 aliphatic carbocycles. The molecule has 0 aromatic heterocycles. The zero-order valence-corrected chi connectivity index (χ0v) is 9.33. The van der Waals surface area contributed by atoms with E-state index >= 15 is 0 Å². The summed E-state index contributed by atoms with van der Waals surface area (Å²) in [4.78, 5) is 2.49. The molecule has 0 bridgehead atoms. The van der Waals surface area contributed by atoms with Crippen molar-refractivity contribution in [3.05, 3.63) is 0 Å². The van der Waals surface area contributed by atoms with Crippen molar-refractivity contribution in [3.63, 3.8) is 0 Å². The molecule has 1 saturated heterocycles. The quantitative estimate of drug-likeness (QED) is 0.725. The van der Waals surface area contributed by atoms with Gasteiger partial charge in [-0.3, -0.25) is 4.90 Å². The molecule has 2 unspecified atom stereocenters. The largest absolute Gasteiger partial charge is 0.379 e. The second-order valence-corrected chi connectivity index (χ2v) is 5.20. The van der Waals surface area contributed by atoms with Crippen LogP contribution in [0.25, 0.3) is 0 Å². The van der Waals surface area contributed by atoms with E-state index in [-0.39, 0.29) is 0 Å². The molecule has 1 heterocycles. The van der Waals surface area contributed by atoms with Crippen molar-refractivity contribution in [2.75, 3.05) is 32.8 Å². The van der Waals surface area contributed by atoms with Crippen LogP contribution < -0.4 is 5.73 Å². The third-order valence-corrected chi connectivity index (χ3v) is 4.00. The molecule has 0 spiro atoms. The van der Waals surface area contributed by atoms with E-state index in [0.717, 1.165) is 32.2 Å². The summed E-state index contributed by atoms with van der Waals surface area (Å²) in [5.41, 5.74) is 6.41. The van der Waals surface area contributed by atoms with E-state index in [1.807, 2.05) is 0 Å². The molecular weight excluding hydrogens is 176 g/mol.